The van der Waals surface area contributed by atoms with E-state index >= 15 is 0 Å². The van der Waals surface area contributed by atoms with E-state index in [0.717, 1.165) is 30.5 Å². The first-order valence-electron chi connectivity index (χ1n) is 9.75. The average molecular weight is 477 g/mol. The van der Waals surface area contributed by atoms with E-state index in [-0.39, 0.29) is 24.0 Å². The molecule has 1 atom stereocenters. The van der Waals surface area contributed by atoms with E-state index in [4.69, 9.17) is 0 Å². The highest BCUT2D eigenvalue weighted by Gasteiger charge is 2.24. The van der Waals surface area contributed by atoms with Gasteiger partial charge in [0.2, 0.25) is 0 Å². The average Bonchev–Trinajstić information content (AvgIpc) is 3.24. The van der Waals surface area contributed by atoms with Crippen molar-refractivity contribution in [1.29, 1.82) is 0 Å². The van der Waals surface area contributed by atoms with Crippen molar-refractivity contribution in [2.45, 2.75) is 64.4 Å². The highest BCUT2D eigenvalue weighted by Crippen LogP contribution is 2.28. The summed E-state index contributed by atoms with van der Waals surface area (Å²) in [7, 11) is 1.85. The minimum absolute atomic E-state index is 0. The number of aliphatic imine (C=N–C) groups is 1. The molecule has 0 spiro atoms. The number of aryl methyl sites for hydroxylation is 1. The van der Waals surface area contributed by atoms with Crippen LogP contribution >= 0.6 is 24.0 Å². The van der Waals surface area contributed by atoms with Gasteiger partial charge in [-0.2, -0.15) is 5.10 Å². The number of unbranched alkanes of at least 4 members (excludes halogenated alkanes) is 1. The van der Waals surface area contributed by atoms with Crippen LogP contribution in [-0.4, -0.2) is 40.5 Å². The van der Waals surface area contributed by atoms with Gasteiger partial charge in [0.05, 0.1) is 12.7 Å². The summed E-state index contributed by atoms with van der Waals surface area (Å²) >= 11 is 0. The quantitative estimate of drug-likeness (QED) is 0.221. The van der Waals surface area contributed by atoms with Gasteiger partial charge in [-0.1, -0.05) is 38.5 Å². The molecule has 0 bridgehead atoms. The van der Waals surface area contributed by atoms with Gasteiger partial charge >= 0.3 is 0 Å². The summed E-state index contributed by atoms with van der Waals surface area (Å²) in [5.74, 6) is 1.74. The molecule has 3 N–H and O–H groups in total. The summed E-state index contributed by atoms with van der Waals surface area (Å²) in [5, 5.41) is 21.4. The lowest BCUT2D eigenvalue weighted by atomic mass is 10.0. The van der Waals surface area contributed by atoms with Gasteiger partial charge in [-0.15, -0.1) is 24.0 Å². The second kappa shape index (κ2) is 11.8. The zero-order valence-corrected chi connectivity index (χ0v) is 18.8. The molecule has 2 rings (SSSR count). The van der Waals surface area contributed by atoms with Crippen LogP contribution in [-0.2, 0) is 12.6 Å². The fraction of sp³-hybridized carbons (Fsp3) is 0.789. The highest BCUT2D eigenvalue weighted by atomic mass is 127. The van der Waals surface area contributed by atoms with Crippen molar-refractivity contribution in [1.82, 2.24) is 20.4 Å². The molecule has 0 aliphatic heterocycles. The number of nitrogens with one attached hydrogen (secondary N) is 2. The van der Waals surface area contributed by atoms with E-state index in [9.17, 15) is 5.11 Å². The van der Waals surface area contributed by atoms with Gasteiger partial charge in [-0.25, -0.2) is 4.99 Å². The van der Waals surface area contributed by atoms with E-state index in [2.05, 4.69) is 27.6 Å². The lowest BCUT2D eigenvalue weighted by Crippen LogP contribution is -2.39. The number of nitrogens with zero attached hydrogens (tertiary/aromatic N) is 3. The van der Waals surface area contributed by atoms with Crippen LogP contribution in [0.4, 0.5) is 0 Å². The zero-order valence-electron chi connectivity index (χ0n) is 16.5. The lowest BCUT2D eigenvalue weighted by molar-refractivity contribution is 0.0672. The largest absolute Gasteiger partial charge is 0.383 e. The van der Waals surface area contributed by atoms with Crippen molar-refractivity contribution in [3.8, 4) is 0 Å². The molecule has 1 fully saturated rings. The molecule has 1 unspecified atom stereocenters. The molecule has 6 nitrogen and oxygen atoms in total. The van der Waals surface area contributed by atoms with Crippen molar-refractivity contribution in [3.63, 3.8) is 0 Å². The maximum absolute atomic E-state index is 10.6. The first-order chi connectivity index (χ1) is 12.0. The second-order valence-electron chi connectivity index (χ2n) is 7.44. The Labute approximate surface area is 175 Å². The number of rotatable bonds is 9. The Kier molecular flexibility index (Phi) is 10.5. The van der Waals surface area contributed by atoms with Crippen molar-refractivity contribution in [2.75, 3.05) is 19.6 Å². The number of halogens is 1. The number of aliphatic hydroxyl groups is 1. The Balaban J connectivity index is 0.00000338. The van der Waals surface area contributed by atoms with Gasteiger partial charge in [0.25, 0.3) is 0 Å². The summed E-state index contributed by atoms with van der Waals surface area (Å²) in [4.78, 5) is 4.55. The van der Waals surface area contributed by atoms with Crippen molar-refractivity contribution < 1.29 is 5.11 Å². The van der Waals surface area contributed by atoms with E-state index in [1.54, 1.807) is 17.8 Å². The minimum Gasteiger partial charge on any atom is -0.383 e. The number of hydrogen-bond donors (Lipinski definition) is 3. The molecule has 0 amide bonds. The standard InChI is InChI=1S/C19H35N5O.HI/c1-4-20-18(21-12-8-7-11-16-9-5-6-10-16)22-15-19(2,25)17-13-23-24(3)14-17;/h13-14,16,25H,4-12,15H2,1-3H3,(H2,20,21,22);1H. The molecule has 0 saturated heterocycles. The number of guanidine groups is 1. The Hall–Kier alpha value is -0.830. The van der Waals surface area contributed by atoms with Gasteiger partial charge in [-0.05, 0) is 26.2 Å². The maximum atomic E-state index is 10.6. The van der Waals surface area contributed by atoms with E-state index < -0.39 is 5.60 Å². The fourth-order valence-electron chi connectivity index (χ4n) is 3.43. The Morgan fingerprint density at radius 2 is 2.08 bits per heavy atom. The number of hydrogen-bond acceptors (Lipinski definition) is 3. The first kappa shape index (κ1) is 23.2. The molecule has 150 valence electrons. The summed E-state index contributed by atoms with van der Waals surface area (Å²) in [6.45, 7) is 5.86. The maximum Gasteiger partial charge on any atom is 0.191 e. The molecule has 0 aromatic carbocycles. The van der Waals surface area contributed by atoms with Crippen LogP contribution in [0.5, 0.6) is 0 Å². The third-order valence-corrected chi connectivity index (χ3v) is 5.02. The van der Waals surface area contributed by atoms with Gasteiger partial charge in [-0.3, -0.25) is 4.68 Å². The Morgan fingerprint density at radius 3 is 2.69 bits per heavy atom. The number of aromatic nitrogens is 2. The van der Waals surface area contributed by atoms with E-state index in [1.165, 1.54) is 44.9 Å². The van der Waals surface area contributed by atoms with Crippen LogP contribution in [0.3, 0.4) is 0 Å². The van der Waals surface area contributed by atoms with E-state index in [0.29, 0.717) is 6.54 Å². The molecule has 7 heteroatoms. The molecule has 1 aliphatic carbocycles. The van der Waals surface area contributed by atoms with Gasteiger partial charge in [0.15, 0.2) is 5.96 Å². The molecular formula is C19H36IN5O. The predicted octanol–water partition coefficient (Wildman–Crippen LogP) is 3.16. The van der Waals surface area contributed by atoms with Crippen LogP contribution in [0.15, 0.2) is 17.4 Å². The fourth-order valence-corrected chi connectivity index (χ4v) is 3.43. The van der Waals surface area contributed by atoms with Crippen molar-refractivity contribution >= 4 is 29.9 Å². The minimum atomic E-state index is -1.01. The van der Waals surface area contributed by atoms with Gasteiger partial charge in [0, 0.05) is 31.9 Å². The summed E-state index contributed by atoms with van der Waals surface area (Å²) in [5.41, 5.74) is -0.231. The molecule has 1 heterocycles. The van der Waals surface area contributed by atoms with Crippen LogP contribution in [0, 0.1) is 5.92 Å². The molecule has 0 radical (unpaired) electrons. The molecule has 1 aromatic heterocycles. The summed E-state index contributed by atoms with van der Waals surface area (Å²) in [6.07, 6.45) is 13.1. The smallest absolute Gasteiger partial charge is 0.191 e. The van der Waals surface area contributed by atoms with Crippen molar-refractivity contribution in [3.05, 3.63) is 18.0 Å². The van der Waals surface area contributed by atoms with Crippen LogP contribution < -0.4 is 10.6 Å². The summed E-state index contributed by atoms with van der Waals surface area (Å²) in [6, 6.07) is 0. The molecule has 1 saturated carbocycles. The Bertz CT molecular complexity index is 538. The zero-order chi connectivity index (χ0) is 18.1. The molecular weight excluding hydrogens is 441 g/mol. The Morgan fingerprint density at radius 1 is 1.35 bits per heavy atom. The van der Waals surface area contributed by atoms with Crippen molar-refractivity contribution in [2.24, 2.45) is 18.0 Å². The van der Waals surface area contributed by atoms with Crippen LogP contribution in [0.2, 0.25) is 0 Å². The monoisotopic (exact) mass is 477 g/mol. The topological polar surface area (TPSA) is 74.5 Å². The highest BCUT2D eigenvalue weighted by molar-refractivity contribution is 14.0. The van der Waals surface area contributed by atoms with E-state index in [1.807, 2.05) is 13.2 Å². The molecule has 1 aliphatic rings. The predicted molar refractivity (Wildman–Crippen MR) is 118 cm³/mol. The normalized spacial score (nSPS) is 17.6. The van der Waals surface area contributed by atoms with Gasteiger partial charge < -0.3 is 15.7 Å². The third kappa shape index (κ3) is 7.82. The van der Waals surface area contributed by atoms with Crippen LogP contribution in [0.25, 0.3) is 0 Å². The van der Waals surface area contributed by atoms with Gasteiger partial charge in [0.1, 0.15) is 5.60 Å². The second-order valence-corrected chi connectivity index (χ2v) is 7.44. The van der Waals surface area contributed by atoms with Crippen LogP contribution in [0.1, 0.15) is 64.4 Å². The first-order valence-corrected chi connectivity index (χ1v) is 9.75. The molecule has 1 aromatic rings. The molecule has 26 heavy (non-hydrogen) atoms. The lowest BCUT2D eigenvalue weighted by Gasteiger charge is -2.20. The SMILES string of the molecule is CCNC(=NCC(C)(O)c1cnn(C)c1)NCCCCC1CCCC1.I. The summed E-state index contributed by atoms with van der Waals surface area (Å²) < 4.78 is 1.70. The third-order valence-electron chi connectivity index (χ3n) is 5.02.